The second-order valence-electron chi connectivity index (χ2n) is 3.71. The zero-order chi connectivity index (χ0) is 11.5. The Labute approximate surface area is 99.8 Å². The summed E-state index contributed by atoms with van der Waals surface area (Å²) in [5, 5.41) is 0.677. The Hall–Kier alpha value is -1.41. The number of furan rings is 1. The first kappa shape index (κ1) is 11.1. The quantitative estimate of drug-likeness (QED) is 0.800. The van der Waals surface area contributed by atoms with Gasteiger partial charge in [-0.15, -0.1) is 0 Å². The lowest BCUT2D eigenvalue weighted by atomic mass is 10.2. The van der Waals surface area contributed by atoms with Crippen LogP contribution in [0.25, 0.3) is 0 Å². The molecule has 1 heterocycles. The van der Waals surface area contributed by atoms with Gasteiger partial charge in [-0.1, -0.05) is 17.7 Å². The van der Waals surface area contributed by atoms with Gasteiger partial charge in [-0.05, 0) is 43.7 Å². The first-order valence-electron chi connectivity index (χ1n) is 5.09. The molecule has 2 nitrogen and oxygen atoms in total. The third-order valence-corrected chi connectivity index (χ3v) is 2.55. The molecule has 0 aliphatic carbocycles. The standard InChI is InChI=1S/C13H13ClO2/c1-9-3-5-11(14)7-13(9)15-8-12-6-4-10(2)16-12/h3-7H,8H2,1-2H3. The lowest BCUT2D eigenvalue weighted by Gasteiger charge is -2.07. The van der Waals surface area contributed by atoms with Crippen LogP contribution in [0, 0.1) is 13.8 Å². The van der Waals surface area contributed by atoms with Gasteiger partial charge in [-0.3, -0.25) is 0 Å². The largest absolute Gasteiger partial charge is 0.485 e. The van der Waals surface area contributed by atoms with Crippen LogP contribution in [0.1, 0.15) is 17.1 Å². The summed E-state index contributed by atoms with van der Waals surface area (Å²) in [7, 11) is 0. The molecule has 2 aromatic rings. The summed E-state index contributed by atoms with van der Waals surface area (Å²) in [6.45, 7) is 4.32. The van der Waals surface area contributed by atoms with Gasteiger partial charge in [-0.2, -0.15) is 0 Å². The van der Waals surface area contributed by atoms with Crippen molar-refractivity contribution in [3.63, 3.8) is 0 Å². The molecule has 1 aromatic carbocycles. The molecule has 0 saturated heterocycles. The van der Waals surface area contributed by atoms with Crippen LogP contribution in [-0.4, -0.2) is 0 Å². The number of hydrogen-bond acceptors (Lipinski definition) is 2. The fraction of sp³-hybridized carbons (Fsp3) is 0.231. The molecule has 3 heteroatoms. The minimum absolute atomic E-state index is 0.426. The minimum atomic E-state index is 0.426. The number of aryl methyl sites for hydroxylation is 2. The average Bonchev–Trinajstić information content (AvgIpc) is 2.66. The van der Waals surface area contributed by atoms with E-state index in [9.17, 15) is 0 Å². The van der Waals surface area contributed by atoms with E-state index in [1.165, 1.54) is 0 Å². The SMILES string of the molecule is Cc1ccc(COc2cc(Cl)ccc2C)o1. The highest BCUT2D eigenvalue weighted by Crippen LogP contribution is 2.23. The van der Waals surface area contributed by atoms with Gasteiger partial charge < -0.3 is 9.15 Å². The maximum absolute atomic E-state index is 5.90. The van der Waals surface area contributed by atoms with Crippen molar-refractivity contribution in [2.45, 2.75) is 20.5 Å². The van der Waals surface area contributed by atoms with Crippen LogP contribution in [0.2, 0.25) is 5.02 Å². The molecule has 0 atom stereocenters. The summed E-state index contributed by atoms with van der Waals surface area (Å²) in [5.41, 5.74) is 1.06. The number of ether oxygens (including phenoxy) is 1. The lowest BCUT2D eigenvalue weighted by molar-refractivity contribution is 0.266. The number of halogens is 1. The normalized spacial score (nSPS) is 10.4. The van der Waals surface area contributed by atoms with Gasteiger partial charge in [0, 0.05) is 5.02 Å². The molecule has 0 spiro atoms. The van der Waals surface area contributed by atoms with E-state index in [0.717, 1.165) is 22.8 Å². The van der Waals surface area contributed by atoms with Crippen molar-refractivity contribution < 1.29 is 9.15 Å². The van der Waals surface area contributed by atoms with Gasteiger partial charge in [0.1, 0.15) is 23.9 Å². The molecule has 0 aliphatic heterocycles. The average molecular weight is 237 g/mol. The van der Waals surface area contributed by atoms with Crippen molar-refractivity contribution in [1.82, 2.24) is 0 Å². The van der Waals surface area contributed by atoms with Crippen molar-refractivity contribution in [2.24, 2.45) is 0 Å². The van der Waals surface area contributed by atoms with Crippen molar-refractivity contribution in [3.8, 4) is 5.75 Å². The predicted octanol–water partition coefficient (Wildman–Crippen LogP) is 4.13. The van der Waals surface area contributed by atoms with E-state index in [4.69, 9.17) is 20.8 Å². The smallest absolute Gasteiger partial charge is 0.146 e. The summed E-state index contributed by atoms with van der Waals surface area (Å²) in [4.78, 5) is 0. The molecule has 16 heavy (non-hydrogen) atoms. The van der Waals surface area contributed by atoms with Gasteiger partial charge >= 0.3 is 0 Å². The molecule has 0 aliphatic rings. The zero-order valence-corrected chi connectivity index (χ0v) is 10.0. The Morgan fingerprint density at radius 3 is 2.69 bits per heavy atom. The maximum Gasteiger partial charge on any atom is 0.146 e. The molecule has 84 valence electrons. The molecule has 1 aromatic heterocycles. The monoisotopic (exact) mass is 236 g/mol. The second kappa shape index (κ2) is 4.62. The van der Waals surface area contributed by atoms with Crippen LogP contribution in [0.5, 0.6) is 5.75 Å². The fourth-order valence-electron chi connectivity index (χ4n) is 1.44. The Morgan fingerprint density at radius 2 is 2.00 bits per heavy atom. The van der Waals surface area contributed by atoms with Crippen LogP contribution >= 0.6 is 11.6 Å². The number of rotatable bonds is 3. The molecule has 0 radical (unpaired) electrons. The number of benzene rings is 1. The van der Waals surface area contributed by atoms with Gasteiger partial charge in [-0.25, -0.2) is 0 Å². The lowest BCUT2D eigenvalue weighted by Crippen LogP contribution is -1.95. The zero-order valence-electron chi connectivity index (χ0n) is 9.29. The summed E-state index contributed by atoms with van der Waals surface area (Å²) >= 11 is 5.90. The van der Waals surface area contributed by atoms with E-state index in [-0.39, 0.29) is 0 Å². The van der Waals surface area contributed by atoms with Crippen LogP contribution in [0.3, 0.4) is 0 Å². The molecule has 0 saturated carbocycles. The summed E-state index contributed by atoms with van der Waals surface area (Å²) < 4.78 is 11.1. The van der Waals surface area contributed by atoms with Crippen LogP contribution < -0.4 is 4.74 Å². The topological polar surface area (TPSA) is 22.4 Å². The Bertz CT molecular complexity index is 488. The molecule has 0 fully saturated rings. The maximum atomic E-state index is 5.90. The molecule has 0 unspecified atom stereocenters. The summed E-state index contributed by atoms with van der Waals surface area (Å²) in [5.74, 6) is 2.50. The van der Waals surface area contributed by atoms with E-state index in [1.807, 2.05) is 44.2 Å². The van der Waals surface area contributed by atoms with Crippen molar-refractivity contribution >= 4 is 11.6 Å². The van der Waals surface area contributed by atoms with Crippen molar-refractivity contribution in [2.75, 3.05) is 0 Å². The summed E-state index contributed by atoms with van der Waals surface area (Å²) in [6, 6.07) is 9.43. The van der Waals surface area contributed by atoms with Crippen LogP contribution in [-0.2, 0) is 6.61 Å². The fourth-order valence-corrected chi connectivity index (χ4v) is 1.60. The van der Waals surface area contributed by atoms with Crippen LogP contribution in [0.4, 0.5) is 0 Å². The van der Waals surface area contributed by atoms with Crippen molar-refractivity contribution in [1.29, 1.82) is 0 Å². The van der Waals surface area contributed by atoms with Crippen LogP contribution in [0.15, 0.2) is 34.7 Å². The van der Waals surface area contributed by atoms with Gasteiger partial charge in [0.25, 0.3) is 0 Å². The van der Waals surface area contributed by atoms with Gasteiger partial charge in [0.2, 0.25) is 0 Å². The molecular formula is C13H13ClO2. The van der Waals surface area contributed by atoms with E-state index in [0.29, 0.717) is 11.6 Å². The minimum Gasteiger partial charge on any atom is -0.485 e. The Kier molecular flexibility index (Phi) is 3.20. The van der Waals surface area contributed by atoms with E-state index in [1.54, 1.807) is 0 Å². The molecule has 0 amide bonds. The third-order valence-electron chi connectivity index (χ3n) is 2.32. The highest BCUT2D eigenvalue weighted by Gasteiger charge is 2.03. The summed E-state index contributed by atoms with van der Waals surface area (Å²) in [6.07, 6.45) is 0. The van der Waals surface area contributed by atoms with E-state index >= 15 is 0 Å². The predicted molar refractivity (Wildman–Crippen MR) is 64.0 cm³/mol. The molecule has 0 bridgehead atoms. The molecule has 2 rings (SSSR count). The van der Waals surface area contributed by atoms with Gasteiger partial charge in [0.05, 0.1) is 0 Å². The van der Waals surface area contributed by atoms with E-state index in [2.05, 4.69) is 0 Å². The first-order chi connectivity index (χ1) is 7.65. The first-order valence-corrected chi connectivity index (χ1v) is 5.47. The highest BCUT2D eigenvalue weighted by atomic mass is 35.5. The second-order valence-corrected chi connectivity index (χ2v) is 4.15. The molecule has 0 N–H and O–H groups in total. The van der Waals surface area contributed by atoms with Gasteiger partial charge in [0.15, 0.2) is 0 Å². The third kappa shape index (κ3) is 2.58. The number of hydrogen-bond donors (Lipinski definition) is 0. The Balaban J connectivity index is 2.07. The molecular weight excluding hydrogens is 224 g/mol. The van der Waals surface area contributed by atoms with E-state index < -0.39 is 0 Å². The highest BCUT2D eigenvalue weighted by molar-refractivity contribution is 6.30. The van der Waals surface area contributed by atoms with Crippen molar-refractivity contribution in [3.05, 3.63) is 52.4 Å². The Morgan fingerprint density at radius 1 is 1.19 bits per heavy atom.